The molecule has 1 heterocycles. The summed E-state index contributed by atoms with van der Waals surface area (Å²) in [6.45, 7) is 1.24. The third-order valence-electron chi connectivity index (χ3n) is 5.24. The van der Waals surface area contributed by atoms with Gasteiger partial charge in [-0.05, 0) is 48.5 Å². The van der Waals surface area contributed by atoms with Gasteiger partial charge < -0.3 is 10.1 Å². The molecule has 0 atom stereocenters. The quantitative estimate of drug-likeness (QED) is 0.154. The van der Waals surface area contributed by atoms with Gasteiger partial charge in [-0.3, -0.25) is 19.7 Å². The highest BCUT2D eigenvalue weighted by atomic mass is 79.9. The first-order valence-electron chi connectivity index (χ1n) is 11.1. The molecule has 1 amide bonds. The summed E-state index contributed by atoms with van der Waals surface area (Å²) in [5, 5.41) is 18.9. The number of ether oxygens (including phenoxy) is 1. The standard InChI is InChI=1S/C25H18Br2FN5O5/c1-2-22-31-20-8-3-15(26)10-19(20)25(35)32(22)29-12-14-9-16(27)11-21(33(36)37)24(14)38-13-23(34)30-18-6-4-17(28)5-7-18/h3-12H,2,13H2,1H3,(H,30,34). The summed E-state index contributed by atoms with van der Waals surface area (Å²) in [4.78, 5) is 41.2. The number of rotatable bonds is 8. The van der Waals surface area contributed by atoms with Crippen molar-refractivity contribution in [3.05, 3.63) is 101 Å². The molecule has 0 saturated heterocycles. The maximum atomic E-state index is 13.2. The van der Waals surface area contributed by atoms with Crippen LogP contribution in [0.5, 0.6) is 5.75 Å². The van der Waals surface area contributed by atoms with Crippen LogP contribution in [0.1, 0.15) is 18.3 Å². The molecule has 0 unspecified atom stereocenters. The minimum Gasteiger partial charge on any atom is -0.476 e. The number of anilines is 1. The fraction of sp³-hybridized carbons (Fsp3) is 0.120. The number of hydrogen-bond acceptors (Lipinski definition) is 7. The number of halogens is 3. The summed E-state index contributed by atoms with van der Waals surface area (Å²) in [5.41, 5.74) is 0.141. The number of nitrogens with zero attached hydrogens (tertiary/aromatic N) is 4. The number of carbonyl (C=O) groups is 1. The van der Waals surface area contributed by atoms with Crippen LogP contribution < -0.4 is 15.6 Å². The fourth-order valence-electron chi connectivity index (χ4n) is 3.52. The molecule has 4 aromatic rings. The minimum absolute atomic E-state index is 0.143. The first-order chi connectivity index (χ1) is 18.2. The van der Waals surface area contributed by atoms with E-state index < -0.39 is 34.5 Å². The fourth-order valence-corrected chi connectivity index (χ4v) is 4.34. The molecule has 4 rings (SSSR count). The third-order valence-corrected chi connectivity index (χ3v) is 6.19. The van der Waals surface area contributed by atoms with Crippen LogP contribution in [0.2, 0.25) is 0 Å². The molecule has 194 valence electrons. The molecule has 38 heavy (non-hydrogen) atoms. The summed E-state index contributed by atoms with van der Waals surface area (Å²) in [5.74, 6) is -0.927. The van der Waals surface area contributed by atoms with Crippen LogP contribution in [-0.4, -0.2) is 33.3 Å². The monoisotopic (exact) mass is 645 g/mol. The average Bonchev–Trinajstić information content (AvgIpc) is 2.88. The highest BCUT2D eigenvalue weighted by Gasteiger charge is 2.22. The van der Waals surface area contributed by atoms with E-state index >= 15 is 0 Å². The van der Waals surface area contributed by atoms with Gasteiger partial charge in [0.15, 0.2) is 6.61 Å². The third kappa shape index (κ3) is 6.11. The Morgan fingerprint density at radius 1 is 1.18 bits per heavy atom. The Bertz CT molecular complexity index is 1640. The van der Waals surface area contributed by atoms with Crippen molar-refractivity contribution in [2.24, 2.45) is 5.10 Å². The highest BCUT2D eigenvalue weighted by molar-refractivity contribution is 9.10. The Hall–Kier alpha value is -3.97. The number of hydrogen-bond donors (Lipinski definition) is 1. The largest absolute Gasteiger partial charge is 0.476 e. The lowest BCUT2D eigenvalue weighted by Crippen LogP contribution is -2.22. The molecule has 1 aromatic heterocycles. The summed E-state index contributed by atoms with van der Waals surface area (Å²) in [7, 11) is 0. The Labute approximate surface area is 231 Å². The van der Waals surface area contributed by atoms with Gasteiger partial charge in [0.2, 0.25) is 5.75 Å². The summed E-state index contributed by atoms with van der Waals surface area (Å²) in [6.07, 6.45) is 1.63. The van der Waals surface area contributed by atoms with Crippen LogP contribution in [-0.2, 0) is 11.2 Å². The van der Waals surface area contributed by atoms with E-state index in [2.05, 4.69) is 47.3 Å². The van der Waals surface area contributed by atoms with Gasteiger partial charge in [-0.25, -0.2) is 9.37 Å². The lowest BCUT2D eigenvalue weighted by molar-refractivity contribution is -0.385. The number of nitrogens with one attached hydrogen (secondary N) is 1. The average molecular weight is 647 g/mol. The topological polar surface area (TPSA) is 129 Å². The van der Waals surface area contributed by atoms with Crippen molar-refractivity contribution in [1.82, 2.24) is 9.66 Å². The predicted molar refractivity (Wildman–Crippen MR) is 147 cm³/mol. The SMILES string of the molecule is CCc1nc2ccc(Br)cc2c(=O)n1N=Cc1cc(Br)cc([N+](=O)[O-])c1OCC(=O)Nc1ccc(F)cc1. The number of amides is 1. The normalized spacial score (nSPS) is 11.2. The van der Waals surface area contributed by atoms with Crippen molar-refractivity contribution in [3.63, 3.8) is 0 Å². The van der Waals surface area contributed by atoms with E-state index in [0.29, 0.717) is 37.8 Å². The molecular weight excluding hydrogens is 629 g/mol. The van der Waals surface area contributed by atoms with Gasteiger partial charge in [0.1, 0.15) is 11.6 Å². The lowest BCUT2D eigenvalue weighted by atomic mass is 10.2. The number of nitro benzene ring substituents is 1. The van der Waals surface area contributed by atoms with Crippen molar-refractivity contribution in [2.45, 2.75) is 13.3 Å². The molecule has 0 fully saturated rings. The van der Waals surface area contributed by atoms with Crippen LogP contribution in [0.3, 0.4) is 0 Å². The summed E-state index contributed by atoms with van der Waals surface area (Å²) < 4.78 is 20.8. The van der Waals surface area contributed by atoms with Gasteiger partial charge in [0.05, 0.1) is 22.0 Å². The van der Waals surface area contributed by atoms with E-state index in [1.807, 2.05) is 6.92 Å². The van der Waals surface area contributed by atoms with Crippen LogP contribution in [0, 0.1) is 15.9 Å². The van der Waals surface area contributed by atoms with E-state index in [1.165, 1.54) is 42.6 Å². The summed E-state index contributed by atoms with van der Waals surface area (Å²) in [6, 6.07) is 12.9. The van der Waals surface area contributed by atoms with Crippen LogP contribution in [0.15, 0.2) is 73.4 Å². The number of aryl methyl sites for hydroxylation is 1. The van der Waals surface area contributed by atoms with Crippen LogP contribution in [0.4, 0.5) is 15.8 Å². The molecule has 10 nitrogen and oxygen atoms in total. The Morgan fingerprint density at radius 3 is 2.61 bits per heavy atom. The van der Waals surface area contributed by atoms with Gasteiger partial charge in [-0.1, -0.05) is 38.8 Å². The maximum Gasteiger partial charge on any atom is 0.312 e. The second kappa shape index (κ2) is 11.6. The van der Waals surface area contributed by atoms with Gasteiger partial charge in [0, 0.05) is 32.7 Å². The van der Waals surface area contributed by atoms with E-state index in [1.54, 1.807) is 18.2 Å². The van der Waals surface area contributed by atoms with E-state index in [-0.39, 0.29) is 11.3 Å². The number of benzene rings is 3. The minimum atomic E-state index is -0.659. The highest BCUT2D eigenvalue weighted by Crippen LogP contribution is 2.34. The molecule has 0 aliphatic carbocycles. The second-order valence-corrected chi connectivity index (χ2v) is 9.68. The molecule has 3 aromatic carbocycles. The number of nitro groups is 1. The Balaban J connectivity index is 1.70. The van der Waals surface area contributed by atoms with Crippen molar-refractivity contribution in [2.75, 3.05) is 11.9 Å². The molecular formula is C25H18Br2FN5O5. The van der Waals surface area contributed by atoms with E-state index in [9.17, 15) is 24.1 Å². The van der Waals surface area contributed by atoms with Crippen molar-refractivity contribution in [3.8, 4) is 5.75 Å². The maximum absolute atomic E-state index is 13.2. The summed E-state index contributed by atoms with van der Waals surface area (Å²) >= 11 is 6.58. The first kappa shape index (κ1) is 27.1. The molecule has 0 aliphatic rings. The zero-order valence-corrected chi connectivity index (χ0v) is 22.8. The molecule has 0 saturated carbocycles. The van der Waals surface area contributed by atoms with Crippen molar-refractivity contribution in [1.29, 1.82) is 0 Å². The predicted octanol–water partition coefficient (Wildman–Crippen LogP) is 5.43. The molecule has 0 aliphatic heterocycles. The number of carbonyl (C=O) groups excluding carboxylic acids is 1. The van der Waals surface area contributed by atoms with Crippen molar-refractivity contribution < 1.29 is 18.8 Å². The first-order valence-corrected chi connectivity index (χ1v) is 12.7. The Kier molecular flexibility index (Phi) is 8.27. The lowest BCUT2D eigenvalue weighted by Gasteiger charge is -2.11. The van der Waals surface area contributed by atoms with Crippen LogP contribution in [0.25, 0.3) is 10.9 Å². The van der Waals surface area contributed by atoms with Crippen molar-refractivity contribution >= 4 is 66.3 Å². The zero-order valence-electron chi connectivity index (χ0n) is 19.7. The van der Waals surface area contributed by atoms with E-state index in [0.717, 1.165) is 4.68 Å². The van der Waals surface area contributed by atoms with E-state index in [4.69, 9.17) is 4.74 Å². The number of fused-ring (bicyclic) bond motifs is 1. The number of aromatic nitrogens is 2. The molecule has 0 bridgehead atoms. The molecule has 13 heteroatoms. The van der Waals surface area contributed by atoms with Gasteiger partial charge in [-0.15, -0.1) is 0 Å². The van der Waals surface area contributed by atoms with Gasteiger partial charge in [0.25, 0.3) is 11.5 Å². The molecule has 0 spiro atoms. The smallest absolute Gasteiger partial charge is 0.312 e. The molecule has 0 radical (unpaired) electrons. The second-order valence-electron chi connectivity index (χ2n) is 7.85. The van der Waals surface area contributed by atoms with Crippen LogP contribution >= 0.6 is 31.9 Å². The van der Waals surface area contributed by atoms with Gasteiger partial charge >= 0.3 is 5.69 Å². The Morgan fingerprint density at radius 2 is 1.92 bits per heavy atom. The zero-order chi connectivity index (χ0) is 27.4. The van der Waals surface area contributed by atoms with Gasteiger partial charge in [-0.2, -0.15) is 9.78 Å². The molecule has 1 N–H and O–H groups in total.